The predicted molar refractivity (Wildman–Crippen MR) is 114 cm³/mol. The first kappa shape index (κ1) is 21.5. The van der Waals surface area contributed by atoms with Crippen LogP contribution >= 0.6 is 0 Å². The highest BCUT2D eigenvalue weighted by atomic mass is 16.5. The number of para-hydroxylation sites is 1. The summed E-state index contributed by atoms with van der Waals surface area (Å²) in [6.45, 7) is 2.27. The van der Waals surface area contributed by atoms with Crippen LogP contribution < -0.4 is 0 Å². The lowest BCUT2D eigenvalue weighted by Gasteiger charge is -2.28. The van der Waals surface area contributed by atoms with Crippen LogP contribution in [0.5, 0.6) is 5.75 Å². The van der Waals surface area contributed by atoms with E-state index in [9.17, 15) is 0 Å². The molecule has 2 aromatic carbocycles. The molecule has 0 bridgehead atoms. The highest BCUT2D eigenvalue weighted by Crippen LogP contribution is 2.30. The summed E-state index contributed by atoms with van der Waals surface area (Å²) in [7, 11) is 0. The second-order valence-electron chi connectivity index (χ2n) is 7.48. The molecule has 1 aliphatic carbocycles. The summed E-state index contributed by atoms with van der Waals surface area (Å²) in [5, 5.41) is 8.63. The predicted octanol–water partition coefficient (Wildman–Crippen LogP) is 7.44. The normalized spacial score (nSPS) is 15.6. The zero-order valence-corrected chi connectivity index (χ0v) is 16.9. The molecule has 2 heteroatoms. The number of unbranched alkanes of at least 4 members (excludes halogenated alkanes) is 3. The van der Waals surface area contributed by atoms with Gasteiger partial charge in [0.2, 0.25) is 0 Å². The summed E-state index contributed by atoms with van der Waals surface area (Å²) < 4.78 is 6.46. The Hall–Kier alpha value is -1.80. The zero-order valence-electron chi connectivity index (χ0n) is 16.9. The Bertz CT molecular complexity index is 576. The molecule has 1 saturated carbocycles. The fraction of sp³-hybridized carbons (Fsp3) is 0.520. The Balaban J connectivity index is 0.000000313. The minimum atomic E-state index is 0.316. The standard InChI is InChI=1S/C19H30O.C6H6O/c1-2-3-4-11-16-19(17-12-7-5-8-13-17)20-18-14-9-6-10-15-18;7-6-4-2-1-3-5-6/h5,7-8,12-13,18-19H,2-4,6,9-11,14-16H2,1H3;1-5,7H. The summed E-state index contributed by atoms with van der Waals surface area (Å²) in [6.07, 6.45) is 13.9. The van der Waals surface area contributed by atoms with Crippen LogP contribution in [0.15, 0.2) is 60.7 Å². The van der Waals surface area contributed by atoms with Crippen molar-refractivity contribution in [1.82, 2.24) is 0 Å². The molecule has 0 heterocycles. The molecule has 2 nitrogen and oxygen atoms in total. The molecule has 1 atom stereocenters. The van der Waals surface area contributed by atoms with Crippen molar-refractivity contribution >= 4 is 0 Å². The van der Waals surface area contributed by atoms with Crippen molar-refractivity contribution in [3.63, 3.8) is 0 Å². The maximum absolute atomic E-state index is 8.63. The van der Waals surface area contributed by atoms with Gasteiger partial charge in [-0.3, -0.25) is 0 Å². The molecule has 27 heavy (non-hydrogen) atoms. The van der Waals surface area contributed by atoms with Gasteiger partial charge in [-0.1, -0.05) is 100 Å². The van der Waals surface area contributed by atoms with E-state index in [0.717, 1.165) is 0 Å². The number of phenols is 1. The molecule has 2 aromatic rings. The maximum Gasteiger partial charge on any atom is 0.115 e. The lowest BCUT2D eigenvalue weighted by atomic mass is 9.96. The molecule has 148 valence electrons. The molecule has 1 fully saturated rings. The molecule has 0 aromatic heterocycles. The van der Waals surface area contributed by atoms with E-state index in [0.29, 0.717) is 18.0 Å². The van der Waals surface area contributed by atoms with Crippen LogP contribution in [0.2, 0.25) is 0 Å². The largest absolute Gasteiger partial charge is 0.508 e. The van der Waals surface area contributed by atoms with Crippen molar-refractivity contribution in [3.8, 4) is 5.75 Å². The van der Waals surface area contributed by atoms with Crippen LogP contribution in [0.3, 0.4) is 0 Å². The number of benzene rings is 2. The van der Waals surface area contributed by atoms with Crippen molar-refractivity contribution < 1.29 is 9.84 Å². The number of phenolic OH excluding ortho intramolecular Hbond substituents is 1. The molecule has 0 saturated heterocycles. The van der Waals surface area contributed by atoms with E-state index in [4.69, 9.17) is 9.84 Å². The van der Waals surface area contributed by atoms with E-state index >= 15 is 0 Å². The van der Waals surface area contributed by atoms with E-state index < -0.39 is 0 Å². The Labute approximate surface area is 165 Å². The fourth-order valence-corrected chi connectivity index (χ4v) is 3.60. The molecule has 0 aliphatic heterocycles. The first-order valence-corrected chi connectivity index (χ1v) is 10.7. The highest BCUT2D eigenvalue weighted by molar-refractivity contribution is 5.18. The number of ether oxygens (including phenoxy) is 1. The van der Waals surface area contributed by atoms with Crippen LogP contribution in [0.25, 0.3) is 0 Å². The average Bonchev–Trinajstić information content (AvgIpc) is 2.73. The van der Waals surface area contributed by atoms with Crippen molar-refractivity contribution in [3.05, 3.63) is 66.2 Å². The summed E-state index contributed by atoms with van der Waals surface area (Å²) in [6, 6.07) is 19.5. The first-order valence-electron chi connectivity index (χ1n) is 10.7. The third-order valence-electron chi connectivity index (χ3n) is 5.16. The van der Waals surface area contributed by atoms with E-state index in [1.54, 1.807) is 24.3 Å². The Morgan fingerprint density at radius 1 is 0.852 bits per heavy atom. The summed E-state index contributed by atoms with van der Waals surface area (Å²) in [5.41, 5.74) is 1.37. The van der Waals surface area contributed by atoms with Crippen molar-refractivity contribution in [2.24, 2.45) is 0 Å². The molecule has 0 amide bonds. The monoisotopic (exact) mass is 368 g/mol. The summed E-state index contributed by atoms with van der Waals surface area (Å²) >= 11 is 0. The molecule has 3 rings (SSSR count). The van der Waals surface area contributed by atoms with E-state index in [1.807, 2.05) is 6.07 Å². The Morgan fingerprint density at radius 3 is 2.04 bits per heavy atom. The van der Waals surface area contributed by atoms with Gasteiger partial charge < -0.3 is 9.84 Å². The van der Waals surface area contributed by atoms with Crippen LogP contribution in [0.1, 0.15) is 82.8 Å². The van der Waals surface area contributed by atoms with Gasteiger partial charge >= 0.3 is 0 Å². The van der Waals surface area contributed by atoms with Gasteiger partial charge in [0.25, 0.3) is 0 Å². The minimum Gasteiger partial charge on any atom is -0.508 e. The van der Waals surface area contributed by atoms with Crippen LogP contribution in [0.4, 0.5) is 0 Å². The lowest BCUT2D eigenvalue weighted by Crippen LogP contribution is -2.20. The molecule has 1 N–H and O–H groups in total. The smallest absolute Gasteiger partial charge is 0.115 e. The van der Waals surface area contributed by atoms with Gasteiger partial charge in [0.05, 0.1) is 12.2 Å². The van der Waals surface area contributed by atoms with Gasteiger partial charge in [0.1, 0.15) is 5.75 Å². The topological polar surface area (TPSA) is 29.5 Å². The molecule has 0 spiro atoms. The van der Waals surface area contributed by atoms with E-state index in [1.165, 1.54) is 69.8 Å². The number of aromatic hydroxyl groups is 1. The van der Waals surface area contributed by atoms with E-state index in [-0.39, 0.29) is 0 Å². The third kappa shape index (κ3) is 9.10. The molecule has 0 radical (unpaired) electrons. The molecular formula is C25H36O2. The third-order valence-corrected chi connectivity index (χ3v) is 5.16. The SMILES string of the molecule is CCCCCCC(OC1CCCCC1)c1ccccc1.Oc1ccccc1. The lowest BCUT2D eigenvalue weighted by molar-refractivity contribution is -0.0362. The van der Waals surface area contributed by atoms with Crippen molar-refractivity contribution in [2.45, 2.75) is 83.3 Å². The van der Waals surface area contributed by atoms with Gasteiger partial charge in [0.15, 0.2) is 0 Å². The highest BCUT2D eigenvalue weighted by Gasteiger charge is 2.20. The van der Waals surface area contributed by atoms with E-state index in [2.05, 4.69) is 37.3 Å². The number of hydrogen-bond donors (Lipinski definition) is 1. The Kier molecular flexibility index (Phi) is 10.7. The summed E-state index contributed by atoms with van der Waals surface area (Å²) in [4.78, 5) is 0. The average molecular weight is 369 g/mol. The molecule has 1 unspecified atom stereocenters. The minimum absolute atomic E-state index is 0.316. The maximum atomic E-state index is 8.63. The second-order valence-corrected chi connectivity index (χ2v) is 7.48. The number of rotatable bonds is 8. The van der Waals surface area contributed by atoms with Crippen LogP contribution in [0, 0.1) is 0 Å². The quantitative estimate of drug-likeness (QED) is 0.491. The zero-order chi connectivity index (χ0) is 19.2. The van der Waals surface area contributed by atoms with Crippen LogP contribution in [-0.4, -0.2) is 11.2 Å². The van der Waals surface area contributed by atoms with Gasteiger partial charge in [-0.15, -0.1) is 0 Å². The van der Waals surface area contributed by atoms with Crippen LogP contribution in [-0.2, 0) is 4.74 Å². The fourth-order valence-electron chi connectivity index (χ4n) is 3.60. The van der Waals surface area contributed by atoms with Gasteiger partial charge in [0, 0.05) is 0 Å². The van der Waals surface area contributed by atoms with Gasteiger partial charge in [-0.2, -0.15) is 0 Å². The van der Waals surface area contributed by atoms with Crippen molar-refractivity contribution in [1.29, 1.82) is 0 Å². The van der Waals surface area contributed by atoms with Crippen molar-refractivity contribution in [2.75, 3.05) is 0 Å². The van der Waals surface area contributed by atoms with Gasteiger partial charge in [-0.05, 0) is 37.0 Å². The molecular weight excluding hydrogens is 332 g/mol. The second kappa shape index (κ2) is 13.4. The molecule has 1 aliphatic rings. The number of hydrogen-bond acceptors (Lipinski definition) is 2. The first-order chi connectivity index (χ1) is 13.3. The summed E-state index contributed by atoms with van der Waals surface area (Å²) in [5.74, 6) is 0.322. The Morgan fingerprint density at radius 2 is 1.48 bits per heavy atom. The van der Waals surface area contributed by atoms with Gasteiger partial charge in [-0.25, -0.2) is 0 Å².